The number of thioether (sulfide) groups is 1. The Morgan fingerprint density at radius 3 is 2.71 bits per heavy atom. The van der Waals surface area contributed by atoms with Crippen LogP contribution in [0.4, 0.5) is 11.4 Å². The maximum Gasteiger partial charge on any atom is 0.292 e. The Labute approximate surface area is 166 Å². The Kier molecular flexibility index (Phi) is 6.49. The lowest BCUT2D eigenvalue weighted by molar-refractivity contribution is -0.384. The van der Waals surface area contributed by atoms with Crippen LogP contribution < -0.4 is 10.6 Å². The largest absolute Gasteiger partial charge is 0.378 e. The van der Waals surface area contributed by atoms with Gasteiger partial charge in [0.15, 0.2) is 0 Å². The summed E-state index contributed by atoms with van der Waals surface area (Å²) in [6.07, 6.45) is 2.00. The van der Waals surface area contributed by atoms with Crippen LogP contribution in [0.2, 0.25) is 0 Å². The molecule has 0 saturated heterocycles. The molecule has 0 unspecified atom stereocenters. The highest BCUT2D eigenvalue weighted by Gasteiger charge is 2.14. The van der Waals surface area contributed by atoms with Gasteiger partial charge in [-0.25, -0.2) is 4.98 Å². The molecule has 3 aromatic rings. The standard InChI is InChI=1S/C19H21N5O3S/c1-28-13-18-22-15-7-3-4-8-16(15)23(18)12-19(25)21-11-10-20-14-6-2-5-9-17(14)24(26)27/h2-9,20H,10-13H2,1H3,(H,21,25). The minimum absolute atomic E-state index is 0.0143. The second-order valence-corrected chi connectivity index (χ2v) is 6.95. The third-order valence-electron chi connectivity index (χ3n) is 4.17. The first-order chi connectivity index (χ1) is 13.6. The zero-order chi connectivity index (χ0) is 19.9. The number of amides is 1. The number of nitrogens with zero attached hydrogens (tertiary/aromatic N) is 3. The smallest absolute Gasteiger partial charge is 0.292 e. The molecule has 0 aliphatic carbocycles. The second kappa shape index (κ2) is 9.23. The van der Waals surface area contributed by atoms with Gasteiger partial charge in [-0.2, -0.15) is 11.8 Å². The molecular formula is C19H21N5O3S. The average molecular weight is 399 g/mol. The van der Waals surface area contributed by atoms with E-state index in [1.165, 1.54) is 6.07 Å². The van der Waals surface area contributed by atoms with Gasteiger partial charge in [0.05, 0.1) is 21.7 Å². The van der Waals surface area contributed by atoms with Gasteiger partial charge >= 0.3 is 0 Å². The number of hydrogen-bond donors (Lipinski definition) is 2. The van der Waals surface area contributed by atoms with Crippen molar-refractivity contribution in [2.75, 3.05) is 24.7 Å². The summed E-state index contributed by atoms with van der Waals surface area (Å²) in [6, 6.07) is 14.2. The number of imidazole rings is 1. The van der Waals surface area contributed by atoms with Crippen molar-refractivity contribution in [3.63, 3.8) is 0 Å². The van der Waals surface area contributed by atoms with Crippen molar-refractivity contribution in [3.05, 3.63) is 64.5 Å². The van der Waals surface area contributed by atoms with E-state index in [0.29, 0.717) is 18.8 Å². The minimum atomic E-state index is -0.432. The zero-order valence-corrected chi connectivity index (χ0v) is 16.2. The van der Waals surface area contributed by atoms with E-state index in [4.69, 9.17) is 0 Å². The fourth-order valence-corrected chi connectivity index (χ4v) is 3.40. The Morgan fingerprint density at radius 2 is 1.93 bits per heavy atom. The summed E-state index contributed by atoms with van der Waals surface area (Å²) in [5.41, 5.74) is 2.25. The molecule has 1 amide bonds. The third kappa shape index (κ3) is 4.61. The summed E-state index contributed by atoms with van der Waals surface area (Å²) < 4.78 is 1.93. The number of para-hydroxylation sites is 4. The van der Waals surface area contributed by atoms with E-state index in [2.05, 4.69) is 15.6 Å². The van der Waals surface area contributed by atoms with Gasteiger partial charge in [0.2, 0.25) is 5.91 Å². The molecule has 0 saturated carbocycles. The van der Waals surface area contributed by atoms with Crippen LogP contribution in [-0.2, 0) is 17.1 Å². The topological polar surface area (TPSA) is 102 Å². The van der Waals surface area contributed by atoms with Crippen LogP contribution in [0.25, 0.3) is 11.0 Å². The SMILES string of the molecule is CSCc1nc2ccccc2n1CC(=O)NCCNc1ccccc1[N+](=O)[O-]. The van der Waals surface area contributed by atoms with Gasteiger partial charge in [-0.3, -0.25) is 14.9 Å². The monoisotopic (exact) mass is 399 g/mol. The number of anilines is 1. The van der Waals surface area contributed by atoms with E-state index >= 15 is 0 Å². The van der Waals surface area contributed by atoms with Crippen LogP contribution in [0.15, 0.2) is 48.5 Å². The molecule has 28 heavy (non-hydrogen) atoms. The molecule has 8 nitrogen and oxygen atoms in total. The van der Waals surface area contributed by atoms with Crippen LogP contribution in [0, 0.1) is 10.1 Å². The van der Waals surface area contributed by atoms with E-state index in [9.17, 15) is 14.9 Å². The Balaban J connectivity index is 1.58. The number of fused-ring (bicyclic) bond motifs is 1. The number of nitrogens with one attached hydrogen (secondary N) is 2. The van der Waals surface area contributed by atoms with Gasteiger partial charge in [-0.05, 0) is 24.5 Å². The van der Waals surface area contributed by atoms with E-state index in [1.54, 1.807) is 30.0 Å². The summed E-state index contributed by atoms with van der Waals surface area (Å²) >= 11 is 1.65. The van der Waals surface area contributed by atoms with E-state index in [0.717, 1.165) is 22.6 Å². The van der Waals surface area contributed by atoms with Crippen molar-refractivity contribution in [3.8, 4) is 0 Å². The highest BCUT2D eigenvalue weighted by atomic mass is 32.2. The molecule has 3 rings (SSSR count). The number of carbonyl (C=O) groups excluding carboxylic acids is 1. The minimum Gasteiger partial charge on any atom is -0.378 e. The van der Waals surface area contributed by atoms with Crippen LogP contribution in [-0.4, -0.2) is 39.7 Å². The van der Waals surface area contributed by atoms with Crippen molar-refractivity contribution in [1.82, 2.24) is 14.9 Å². The number of nitro benzene ring substituents is 1. The summed E-state index contributed by atoms with van der Waals surface area (Å²) in [6.45, 7) is 0.927. The van der Waals surface area contributed by atoms with Crippen molar-refractivity contribution >= 4 is 40.1 Å². The number of aromatic nitrogens is 2. The highest BCUT2D eigenvalue weighted by molar-refractivity contribution is 7.97. The molecule has 0 atom stereocenters. The Morgan fingerprint density at radius 1 is 1.18 bits per heavy atom. The third-order valence-corrected chi connectivity index (χ3v) is 4.72. The van der Waals surface area contributed by atoms with Gasteiger partial charge in [-0.1, -0.05) is 24.3 Å². The number of hydrogen-bond acceptors (Lipinski definition) is 6. The van der Waals surface area contributed by atoms with Gasteiger partial charge in [0.25, 0.3) is 5.69 Å². The number of nitro groups is 1. The predicted molar refractivity (Wildman–Crippen MR) is 112 cm³/mol. The molecule has 2 N–H and O–H groups in total. The first-order valence-corrected chi connectivity index (χ1v) is 10.2. The Bertz CT molecular complexity index is 989. The van der Waals surface area contributed by atoms with Crippen LogP contribution in [0.5, 0.6) is 0 Å². The molecule has 9 heteroatoms. The molecule has 0 aliphatic heterocycles. The number of rotatable bonds is 9. The van der Waals surface area contributed by atoms with E-state index in [1.807, 2.05) is 35.1 Å². The maximum absolute atomic E-state index is 12.4. The lowest BCUT2D eigenvalue weighted by Gasteiger charge is -2.11. The lowest BCUT2D eigenvalue weighted by atomic mass is 10.2. The maximum atomic E-state index is 12.4. The van der Waals surface area contributed by atoms with Gasteiger partial charge < -0.3 is 15.2 Å². The summed E-state index contributed by atoms with van der Waals surface area (Å²) in [5.74, 6) is 1.46. The van der Waals surface area contributed by atoms with Crippen LogP contribution in [0.3, 0.4) is 0 Å². The van der Waals surface area contributed by atoms with Crippen LogP contribution >= 0.6 is 11.8 Å². The van der Waals surface area contributed by atoms with Gasteiger partial charge in [0, 0.05) is 19.2 Å². The normalized spacial score (nSPS) is 10.8. The molecule has 0 spiro atoms. The second-order valence-electron chi connectivity index (χ2n) is 6.09. The molecule has 1 heterocycles. The molecule has 0 radical (unpaired) electrons. The summed E-state index contributed by atoms with van der Waals surface area (Å²) in [4.78, 5) is 27.6. The number of benzene rings is 2. The quantitative estimate of drug-likeness (QED) is 0.326. The first kappa shape index (κ1) is 19.7. The molecule has 2 aromatic carbocycles. The van der Waals surface area contributed by atoms with Crippen molar-refractivity contribution in [1.29, 1.82) is 0 Å². The average Bonchev–Trinajstić information content (AvgIpc) is 3.03. The van der Waals surface area contributed by atoms with Gasteiger partial charge in [-0.15, -0.1) is 0 Å². The van der Waals surface area contributed by atoms with Gasteiger partial charge in [0.1, 0.15) is 18.1 Å². The highest BCUT2D eigenvalue weighted by Crippen LogP contribution is 2.22. The van der Waals surface area contributed by atoms with Crippen molar-refractivity contribution in [2.45, 2.75) is 12.3 Å². The first-order valence-electron chi connectivity index (χ1n) is 8.77. The number of carbonyl (C=O) groups is 1. The van der Waals surface area contributed by atoms with Crippen LogP contribution in [0.1, 0.15) is 5.82 Å². The summed E-state index contributed by atoms with van der Waals surface area (Å²) in [7, 11) is 0. The lowest BCUT2D eigenvalue weighted by Crippen LogP contribution is -2.32. The molecule has 1 aromatic heterocycles. The van der Waals surface area contributed by atoms with Crippen molar-refractivity contribution < 1.29 is 9.72 Å². The molecule has 0 bridgehead atoms. The predicted octanol–water partition coefficient (Wildman–Crippen LogP) is 3.04. The fraction of sp³-hybridized carbons (Fsp3) is 0.263. The van der Waals surface area contributed by atoms with Crippen molar-refractivity contribution in [2.24, 2.45) is 0 Å². The molecule has 0 fully saturated rings. The summed E-state index contributed by atoms with van der Waals surface area (Å²) in [5, 5.41) is 16.9. The molecule has 146 valence electrons. The van der Waals surface area contributed by atoms with E-state index < -0.39 is 4.92 Å². The molecule has 0 aliphatic rings. The van der Waals surface area contributed by atoms with E-state index in [-0.39, 0.29) is 18.1 Å². The molecular weight excluding hydrogens is 378 g/mol. The Hall–Kier alpha value is -3.07. The fourth-order valence-electron chi connectivity index (χ4n) is 2.92. The zero-order valence-electron chi connectivity index (χ0n) is 15.4.